The minimum absolute atomic E-state index is 0.223. The summed E-state index contributed by atoms with van der Waals surface area (Å²) in [6.07, 6.45) is 6.11. The molecule has 0 atom stereocenters. The van der Waals surface area contributed by atoms with Gasteiger partial charge in [0, 0.05) is 25.0 Å². The van der Waals surface area contributed by atoms with E-state index in [1.807, 2.05) is 36.4 Å². The Morgan fingerprint density at radius 2 is 1.79 bits per heavy atom. The van der Waals surface area contributed by atoms with Crippen molar-refractivity contribution in [3.05, 3.63) is 91.8 Å². The van der Waals surface area contributed by atoms with Crippen LogP contribution >= 0.6 is 47.1 Å². The molecule has 0 radical (unpaired) electrons. The Kier molecular flexibility index (Phi) is 9.26. The molecule has 0 saturated carbocycles. The van der Waals surface area contributed by atoms with Crippen molar-refractivity contribution in [2.45, 2.75) is 24.3 Å². The third-order valence-corrected chi connectivity index (χ3v) is 11.4. The van der Waals surface area contributed by atoms with Gasteiger partial charge in [-0.05, 0) is 48.3 Å². The molecule has 3 aromatic rings. The van der Waals surface area contributed by atoms with Crippen LogP contribution in [0.3, 0.4) is 0 Å². The molecule has 13 heteroatoms. The molecule has 3 heterocycles. The molecule has 1 saturated heterocycles. The number of allylic oxidation sites excluding steroid dienone is 2. The normalized spacial score (nSPS) is 18.0. The van der Waals surface area contributed by atoms with E-state index in [1.54, 1.807) is 35.5 Å². The first kappa shape index (κ1) is 30.5. The van der Waals surface area contributed by atoms with Crippen molar-refractivity contribution >= 4 is 84.1 Å². The zero-order valence-electron chi connectivity index (χ0n) is 22.6. The van der Waals surface area contributed by atoms with Crippen LogP contribution in [0.15, 0.2) is 82.0 Å². The van der Waals surface area contributed by atoms with Gasteiger partial charge in [-0.25, -0.2) is 0 Å². The number of nitrogens with zero attached hydrogens (tertiary/aromatic N) is 3. The number of thiocarbonyl (C=S) groups is 1. The lowest BCUT2D eigenvalue weighted by Gasteiger charge is -2.20. The summed E-state index contributed by atoms with van der Waals surface area (Å²) in [4.78, 5) is 31.2. The second kappa shape index (κ2) is 12.7. The first-order chi connectivity index (χ1) is 20.1. The van der Waals surface area contributed by atoms with Crippen molar-refractivity contribution in [1.82, 2.24) is 9.47 Å². The molecule has 8 nitrogen and oxygen atoms in total. The zero-order chi connectivity index (χ0) is 30.0. The van der Waals surface area contributed by atoms with Gasteiger partial charge in [-0.2, -0.15) is 8.42 Å². The van der Waals surface area contributed by atoms with Crippen molar-refractivity contribution in [3.63, 3.8) is 0 Å². The molecule has 1 fully saturated rings. The number of rotatable bonds is 9. The number of hydrogen-bond acceptors (Lipinski definition) is 9. The van der Waals surface area contributed by atoms with Crippen LogP contribution in [0.5, 0.6) is 0 Å². The third kappa shape index (κ3) is 6.51. The number of fused-ring (bicyclic) bond motifs is 1. The summed E-state index contributed by atoms with van der Waals surface area (Å²) in [5, 5.41) is 0.881. The highest BCUT2D eigenvalue weighted by Gasteiger charge is 2.31. The van der Waals surface area contributed by atoms with E-state index in [0.29, 0.717) is 37.8 Å². The predicted molar refractivity (Wildman–Crippen MR) is 178 cm³/mol. The summed E-state index contributed by atoms with van der Waals surface area (Å²) >= 11 is 9.28. The van der Waals surface area contributed by atoms with Crippen LogP contribution in [0.1, 0.15) is 12.8 Å². The summed E-state index contributed by atoms with van der Waals surface area (Å²) in [6, 6.07) is 16.3. The van der Waals surface area contributed by atoms with E-state index in [1.165, 1.54) is 28.0 Å². The largest absolute Gasteiger partial charge is 0.335 e. The highest BCUT2D eigenvalue weighted by atomic mass is 32.2. The first-order valence-corrected chi connectivity index (χ1v) is 17.4. The average molecular weight is 658 g/mol. The van der Waals surface area contributed by atoms with Crippen LogP contribution in [0, 0.1) is 0 Å². The van der Waals surface area contributed by atoms with Crippen molar-refractivity contribution in [2.24, 2.45) is 0 Å². The van der Waals surface area contributed by atoms with Crippen LogP contribution in [0.25, 0.3) is 22.1 Å². The quantitative estimate of drug-likeness (QED) is 0.157. The molecule has 42 heavy (non-hydrogen) atoms. The van der Waals surface area contributed by atoms with E-state index in [0.717, 1.165) is 26.7 Å². The second-order valence-electron chi connectivity index (χ2n) is 9.50. The minimum atomic E-state index is -4.04. The fourth-order valence-corrected chi connectivity index (χ4v) is 8.56. The zero-order valence-corrected chi connectivity index (χ0v) is 26.6. The number of thiazole rings is 1. The van der Waals surface area contributed by atoms with Crippen molar-refractivity contribution in [2.75, 3.05) is 24.2 Å². The maximum absolute atomic E-state index is 13.4. The van der Waals surface area contributed by atoms with Gasteiger partial charge in [0.15, 0.2) is 0 Å². The molecular weight excluding hydrogens is 631 g/mol. The minimum Gasteiger partial charge on any atom is -0.335 e. The number of benzene rings is 2. The Morgan fingerprint density at radius 1 is 1.02 bits per heavy atom. The van der Waals surface area contributed by atoms with Crippen molar-refractivity contribution in [1.29, 1.82) is 0 Å². The molecule has 1 amide bonds. The Labute approximate surface area is 261 Å². The van der Waals surface area contributed by atoms with Gasteiger partial charge in [-0.1, -0.05) is 78.2 Å². The van der Waals surface area contributed by atoms with Crippen LogP contribution in [-0.4, -0.2) is 52.0 Å². The lowest BCUT2D eigenvalue weighted by Crippen LogP contribution is -2.32. The highest BCUT2D eigenvalue weighted by molar-refractivity contribution is 8.30. The highest BCUT2D eigenvalue weighted by Crippen LogP contribution is 2.47. The van der Waals surface area contributed by atoms with E-state index in [4.69, 9.17) is 12.2 Å². The summed E-state index contributed by atoms with van der Waals surface area (Å²) in [5.74, 6) is -0.536. The number of carbonyl (C=O) groups is 1. The number of amides is 1. The lowest BCUT2D eigenvalue weighted by molar-refractivity contribution is -0.119. The van der Waals surface area contributed by atoms with Gasteiger partial charge in [-0.3, -0.25) is 23.6 Å². The van der Waals surface area contributed by atoms with E-state index in [9.17, 15) is 22.6 Å². The van der Waals surface area contributed by atoms with E-state index in [-0.39, 0.29) is 23.8 Å². The van der Waals surface area contributed by atoms with Gasteiger partial charge in [0.2, 0.25) is 0 Å². The Bertz CT molecular complexity index is 1890. The summed E-state index contributed by atoms with van der Waals surface area (Å²) in [6.45, 7) is 4.55. The number of hydrogen-bond donors (Lipinski definition) is 1. The van der Waals surface area contributed by atoms with Gasteiger partial charge in [0.25, 0.3) is 21.6 Å². The molecule has 2 aliphatic heterocycles. The molecular formula is C29H27N3O5S5. The molecule has 2 aromatic carbocycles. The summed E-state index contributed by atoms with van der Waals surface area (Å²) in [5.41, 5.74) is 2.90. The third-order valence-electron chi connectivity index (χ3n) is 6.62. The fraction of sp³-hybridized carbons (Fsp3) is 0.207. The average Bonchev–Trinajstić information content (AvgIpc) is 3.56. The van der Waals surface area contributed by atoms with Crippen molar-refractivity contribution < 1.29 is 17.8 Å². The molecule has 0 unspecified atom stereocenters. The Morgan fingerprint density at radius 3 is 2.45 bits per heavy atom. The molecule has 0 spiro atoms. The van der Waals surface area contributed by atoms with Crippen LogP contribution < -0.4 is 19.7 Å². The van der Waals surface area contributed by atoms with E-state index >= 15 is 0 Å². The molecule has 5 rings (SSSR count). The lowest BCUT2D eigenvalue weighted by atomic mass is 10.0. The van der Waals surface area contributed by atoms with Gasteiger partial charge < -0.3 is 4.90 Å². The number of aromatic nitrogens is 1. The van der Waals surface area contributed by atoms with Crippen molar-refractivity contribution in [3.8, 4) is 11.1 Å². The standard InChI is InChI=1S/C29H27N3O5S5/c1-3-15-32-26(33)23(40-28(32)25-27(34)30(2)29(38)41-25)13-14-24-31(16-7-8-17-42(35,36)37)21-18-20(11-12-22(21)39-24)19-9-5-4-6-10-19/h3-6,9-14,18H,1,7-8,15-17H2,2H3,(H,35,36,37)/b23-13-,24-14-,28-25-. The molecule has 2 aliphatic rings. The van der Waals surface area contributed by atoms with Gasteiger partial charge in [-0.15, -0.1) is 17.9 Å². The number of anilines is 1. The predicted octanol–water partition coefficient (Wildman–Crippen LogP) is 4.26. The topological polar surface area (TPSA) is 99.9 Å². The number of unbranched alkanes of at least 4 members (excludes halogenated alkanes) is 1. The van der Waals surface area contributed by atoms with E-state index < -0.39 is 10.1 Å². The Hall–Kier alpha value is -2.94. The van der Waals surface area contributed by atoms with Crippen LogP contribution in [0.2, 0.25) is 0 Å². The molecule has 1 aromatic heterocycles. The van der Waals surface area contributed by atoms with Gasteiger partial charge in [0.05, 0.1) is 21.0 Å². The van der Waals surface area contributed by atoms with E-state index in [2.05, 4.69) is 29.7 Å². The SMILES string of the molecule is C=CCn1c(=O)/c(=C/C=C2\Sc3ccc(-c4ccccc4)cc3N2CCCCS(=O)(=O)O)s/c1=C1\SC(=S)N(C)C1=O. The molecule has 0 aliphatic carbocycles. The molecule has 0 bridgehead atoms. The van der Waals surface area contributed by atoms with Gasteiger partial charge in [0.1, 0.15) is 13.9 Å². The van der Waals surface area contributed by atoms with Crippen LogP contribution in [0.4, 0.5) is 5.69 Å². The van der Waals surface area contributed by atoms with Gasteiger partial charge >= 0.3 is 0 Å². The van der Waals surface area contributed by atoms with Crippen LogP contribution in [-0.2, 0) is 21.5 Å². The molecule has 1 N–H and O–H groups in total. The maximum Gasteiger partial charge on any atom is 0.269 e. The smallest absolute Gasteiger partial charge is 0.269 e. The number of carbonyl (C=O) groups excluding carboxylic acids is 1. The second-order valence-corrected chi connectivity index (χ2v) is 14.8. The maximum atomic E-state index is 13.4. The fourth-order valence-electron chi connectivity index (χ4n) is 4.53. The monoisotopic (exact) mass is 657 g/mol. The summed E-state index contributed by atoms with van der Waals surface area (Å²) < 4.78 is 34.7. The molecule has 218 valence electrons. The number of thioether (sulfide) groups is 2. The first-order valence-electron chi connectivity index (χ1n) is 12.9. The Balaban J connectivity index is 1.55. The summed E-state index contributed by atoms with van der Waals surface area (Å²) in [7, 11) is -2.42.